The molecule has 3 rings (SSSR count). The van der Waals surface area contributed by atoms with Crippen LogP contribution in [0, 0.1) is 0 Å². The Morgan fingerprint density at radius 3 is 2.61 bits per heavy atom. The first-order valence-corrected chi connectivity index (χ1v) is 6.05. The monoisotopic (exact) mass is 237 g/mol. The summed E-state index contributed by atoms with van der Waals surface area (Å²) in [6.07, 6.45) is 1.85. The van der Waals surface area contributed by atoms with E-state index in [0.717, 1.165) is 17.9 Å². The maximum Gasteiger partial charge on any atom is 0.161 e. The summed E-state index contributed by atoms with van der Waals surface area (Å²) >= 11 is 0. The van der Waals surface area contributed by atoms with E-state index in [0.29, 0.717) is 6.73 Å². The maximum atomic E-state index is 5.75. The van der Waals surface area contributed by atoms with Gasteiger partial charge in [-0.25, -0.2) is 0 Å². The molecular formula is C16H15NO. The Labute approximate surface area is 107 Å². The minimum atomic E-state index is 0.602. The van der Waals surface area contributed by atoms with Crippen molar-refractivity contribution >= 4 is 11.8 Å². The zero-order valence-electron chi connectivity index (χ0n) is 10.2. The van der Waals surface area contributed by atoms with Crippen LogP contribution in [-0.2, 0) is 6.54 Å². The van der Waals surface area contributed by atoms with Gasteiger partial charge in [0, 0.05) is 17.8 Å². The SMILES string of the molecule is C=Cc1ccc(N2COc3ccccc3C2)cc1. The predicted molar refractivity (Wildman–Crippen MR) is 74.7 cm³/mol. The van der Waals surface area contributed by atoms with E-state index < -0.39 is 0 Å². The van der Waals surface area contributed by atoms with Crippen molar-refractivity contribution in [2.45, 2.75) is 6.54 Å². The van der Waals surface area contributed by atoms with Gasteiger partial charge in [0.2, 0.25) is 0 Å². The van der Waals surface area contributed by atoms with Gasteiger partial charge < -0.3 is 9.64 Å². The van der Waals surface area contributed by atoms with Crippen LogP contribution < -0.4 is 9.64 Å². The van der Waals surface area contributed by atoms with E-state index in [-0.39, 0.29) is 0 Å². The molecule has 0 radical (unpaired) electrons. The smallest absolute Gasteiger partial charge is 0.161 e. The Hall–Kier alpha value is -2.22. The lowest BCUT2D eigenvalue weighted by molar-refractivity contribution is 0.289. The molecule has 2 aromatic rings. The topological polar surface area (TPSA) is 12.5 Å². The first-order valence-electron chi connectivity index (χ1n) is 6.05. The van der Waals surface area contributed by atoms with Gasteiger partial charge in [-0.2, -0.15) is 0 Å². The van der Waals surface area contributed by atoms with Crippen molar-refractivity contribution in [2.24, 2.45) is 0 Å². The third-order valence-electron chi connectivity index (χ3n) is 3.20. The van der Waals surface area contributed by atoms with E-state index in [1.54, 1.807) is 0 Å². The number of anilines is 1. The zero-order chi connectivity index (χ0) is 12.4. The highest BCUT2D eigenvalue weighted by Crippen LogP contribution is 2.27. The molecule has 0 unspecified atom stereocenters. The number of rotatable bonds is 2. The summed E-state index contributed by atoms with van der Waals surface area (Å²) in [5.41, 5.74) is 3.55. The summed E-state index contributed by atoms with van der Waals surface area (Å²) in [6, 6.07) is 16.5. The first kappa shape index (κ1) is 10.9. The largest absolute Gasteiger partial charge is 0.473 e. The number of hydrogen-bond donors (Lipinski definition) is 0. The highest BCUT2D eigenvalue weighted by molar-refractivity contribution is 5.56. The van der Waals surface area contributed by atoms with Crippen LogP contribution in [0.3, 0.4) is 0 Å². The Morgan fingerprint density at radius 1 is 1.06 bits per heavy atom. The second-order valence-corrected chi connectivity index (χ2v) is 4.37. The molecule has 90 valence electrons. The Balaban J connectivity index is 1.84. The molecule has 1 heterocycles. The summed E-state index contributed by atoms with van der Waals surface area (Å²) in [5.74, 6) is 0.997. The normalized spacial score (nSPS) is 13.7. The van der Waals surface area contributed by atoms with Crippen molar-refractivity contribution in [3.8, 4) is 5.75 Å². The molecule has 0 fully saturated rings. The Bertz CT molecular complexity index is 560. The van der Waals surface area contributed by atoms with Crippen molar-refractivity contribution in [3.63, 3.8) is 0 Å². The molecule has 2 heteroatoms. The number of nitrogens with zero attached hydrogens (tertiary/aromatic N) is 1. The second-order valence-electron chi connectivity index (χ2n) is 4.37. The lowest BCUT2D eigenvalue weighted by Crippen LogP contribution is -2.31. The van der Waals surface area contributed by atoms with Gasteiger partial charge >= 0.3 is 0 Å². The highest BCUT2D eigenvalue weighted by atomic mass is 16.5. The number of ether oxygens (including phenoxy) is 1. The van der Waals surface area contributed by atoms with Crippen LogP contribution in [0.2, 0.25) is 0 Å². The van der Waals surface area contributed by atoms with Crippen molar-refractivity contribution in [3.05, 3.63) is 66.2 Å². The van der Waals surface area contributed by atoms with Gasteiger partial charge in [0.1, 0.15) is 5.75 Å². The van der Waals surface area contributed by atoms with Gasteiger partial charge in [-0.05, 0) is 23.8 Å². The van der Waals surface area contributed by atoms with Crippen LogP contribution in [0.25, 0.3) is 6.08 Å². The molecule has 18 heavy (non-hydrogen) atoms. The zero-order valence-corrected chi connectivity index (χ0v) is 10.2. The molecule has 1 aliphatic rings. The quantitative estimate of drug-likeness (QED) is 0.790. The molecule has 0 bridgehead atoms. The maximum absolute atomic E-state index is 5.75. The summed E-state index contributed by atoms with van der Waals surface area (Å²) in [6.45, 7) is 5.26. The van der Waals surface area contributed by atoms with Gasteiger partial charge in [0.05, 0.1) is 0 Å². The lowest BCUT2D eigenvalue weighted by Gasteiger charge is -2.30. The van der Waals surface area contributed by atoms with Crippen molar-refractivity contribution in [1.82, 2.24) is 0 Å². The molecule has 0 N–H and O–H groups in total. The van der Waals surface area contributed by atoms with Crippen LogP contribution >= 0.6 is 0 Å². The van der Waals surface area contributed by atoms with Crippen LogP contribution in [0.15, 0.2) is 55.1 Å². The molecule has 0 saturated heterocycles. The molecule has 0 atom stereocenters. The second kappa shape index (κ2) is 4.57. The number of benzene rings is 2. The average molecular weight is 237 g/mol. The molecule has 2 nitrogen and oxygen atoms in total. The van der Waals surface area contributed by atoms with E-state index in [1.165, 1.54) is 11.3 Å². The first-order chi connectivity index (χ1) is 8.86. The van der Waals surface area contributed by atoms with Gasteiger partial charge in [-0.1, -0.05) is 43.0 Å². The molecule has 2 aromatic carbocycles. The van der Waals surface area contributed by atoms with Crippen molar-refractivity contribution in [1.29, 1.82) is 0 Å². The fourth-order valence-corrected chi connectivity index (χ4v) is 2.16. The van der Waals surface area contributed by atoms with Crippen molar-refractivity contribution in [2.75, 3.05) is 11.6 Å². The summed E-state index contributed by atoms with van der Waals surface area (Å²) < 4.78 is 5.75. The molecule has 1 aliphatic heterocycles. The van der Waals surface area contributed by atoms with Gasteiger partial charge in [-0.3, -0.25) is 0 Å². The van der Waals surface area contributed by atoms with Crippen LogP contribution in [0.1, 0.15) is 11.1 Å². The molecule has 0 spiro atoms. The fraction of sp³-hybridized carbons (Fsp3) is 0.125. The van der Waals surface area contributed by atoms with Gasteiger partial charge in [0.15, 0.2) is 6.73 Å². The van der Waals surface area contributed by atoms with Crippen molar-refractivity contribution < 1.29 is 4.74 Å². The summed E-state index contributed by atoms with van der Waals surface area (Å²) in [7, 11) is 0. The molecule has 0 aliphatic carbocycles. The molecule has 0 aromatic heterocycles. The predicted octanol–water partition coefficient (Wildman–Crippen LogP) is 3.69. The van der Waals surface area contributed by atoms with E-state index in [2.05, 4.69) is 41.8 Å². The Morgan fingerprint density at radius 2 is 1.83 bits per heavy atom. The number of fused-ring (bicyclic) bond motifs is 1. The third-order valence-corrected chi connectivity index (χ3v) is 3.20. The van der Waals surface area contributed by atoms with Gasteiger partial charge in [-0.15, -0.1) is 0 Å². The van der Waals surface area contributed by atoms with Crippen LogP contribution in [0.4, 0.5) is 5.69 Å². The lowest BCUT2D eigenvalue weighted by atomic mass is 10.1. The van der Waals surface area contributed by atoms with Gasteiger partial charge in [0.25, 0.3) is 0 Å². The molecule has 0 saturated carbocycles. The Kier molecular flexibility index (Phi) is 2.77. The van der Waals surface area contributed by atoms with E-state index >= 15 is 0 Å². The van der Waals surface area contributed by atoms with Crippen LogP contribution in [-0.4, -0.2) is 6.73 Å². The average Bonchev–Trinajstić information content (AvgIpc) is 2.47. The number of para-hydroxylation sites is 1. The van der Waals surface area contributed by atoms with E-state index in [4.69, 9.17) is 4.74 Å². The van der Waals surface area contributed by atoms with Crippen LogP contribution in [0.5, 0.6) is 5.75 Å². The van der Waals surface area contributed by atoms with E-state index in [1.807, 2.05) is 24.3 Å². The summed E-state index contributed by atoms with van der Waals surface area (Å²) in [5, 5.41) is 0. The molecular weight excluding hydrogens is 222 g/mol. The summed E-state index contributed by atoms with van der Waals surface area (Å²) in [4.78, 5) is 2.22. The fourth-order valence-electron chi connectivity index (χ4n) is 2.16. The number of hydrogen-bond acceptors (Lipinski definition) is 2. The third kappa shape index (κ3) is 1.97. The standard InChI is InChI=1S/C16H15NO/c1-2-13-7-9-15(10-8-13)17-11-14-5-3-4-6-16(14)18-12-17/h2-10H,1,11-12H2. The highest BCUT2D eigenvalue weighted by Gasteiger charge is 2.16. The minimum absolute atomic E-state index is 0.602. The molecule has 0 amide bonds. The van der Waals surface area contributed by atoms with E-state index in [9.17, 15) is 0 Å². The minimum Gasteiger partial charge on any atom is -0.473 e.